The average molecular weight is 1510 g/mol. The topological polar surface area (TPSA) is 113 Å². The minimum atomic E-state index is 0.605. The van der Waals surface area contributed by atoms with Crippen LogP contribution in [0.4, 0.5) is 0 Å². The van der Waals surface area contributed by atoms with Gasteiger partial charge in [0, 0.05) is 98.7 Å². The van der Waals surface area contributed by atoms with E-state index in [1.165, 1.54) is 21.5 Å². The van der Waals surface area contributed by atoms with Crippen LogP contribution in [-0.4, -0.2) is 39.0 Å². The van der Waals surface area contributed by atoms with Crippen molar-refractivity contribution in [3.63, 3.8) is 0 Å². The summed E-state index contributed by atoms with van der Waals surface area (Å²) in [6.07, 6.45) is 0. The van der Waals surface area contributed by atoms with E-state index in [-0.39, 0.29) is 0 Å². The molecule has 0 bridgehead atoms. The first-order valence-electron chi connectivity index (χ1n) is 39.6. The van der Waals surface area contributed by atoms with E-state index in [0.29, 0.717) is 34.9 Å². The normalized spacial score (nSPS) is 11.6. The number of benzene rings is 17. The Bertz CT molecular complexity index is 7680. The van der Waals surface area contributed by atoms with Gasteiger partial charge in [0.2, 0.25) is 0 Å². The number of hydrogen-bond acceptors (Lipinski definition) is 8. The van der Waals surface area contributed by atoms with Gasteiger partial charge in [0.1, 0.15) is 22.3 Å². The molecule has 0 spiro atoms. The van der Waals surface area contributed by atoms with Crippen molar-refractivity contribution >= 4 is 87.5 Å². The van der Waals surface area contributed by atoms with Crippen LogP contribution in [0.1, 0.15) is 0 Å². The summed E-state index contributed by atoms with van der Waals surface area (Å²) in [5.41, 5.74) is 26.6. The smallest absolute Gasteiger partial charge is 0.164 e. The highest BCUT2D eigenvalue weighted by Crippen LogP contribution is 2.46. The lowest BCUT2D eigenvalue weighted by atomic mass is 9.96. The van der Waals surface area contributed by atoms with E-state index in [1.807, 2.05) is 146 Å². The second-order valence-electron chi connectivity index (χ2n) is 29.6. The molecule has 0 amide bonds. The van der Waals surface area contributed by atoms with Crippen molar-refractivity contribution in [3.05, 3.63) is 413 Å². The van der Waals surface area contributed by atoms with Crippen molar-refractivity contribution in [2.75, 3.05) is 0 Å². The molecule has 17 aromatic carbocycles. The van der Waals surface area contributed by atoms with Gasteiger partial charge in [-0.15, -0.1) is 0 Å². The number of aromatic nitrogens is 8. The monoisotopic (exact) mass is 1510 g/mol. The molecule has 0 aliphatic rings. The van der Waals surface area contributed by atoms with Gasteiger partial charge in [-0.2, -0.15) is 0 Å². The SMILES string of the molecule is c1ccc(-c2cccc(-c3cc(-c4nc(-c5ccccc5)nc(-c5ccccc5)n4)ccc3-n3c4ccccc4c4ccc(-c5cccc6c5oc5ccccc56)cc43)c2)cc1.c1ccc(-c2nc(-c3ccccc3)nc(-c3ccc(-n4c5ccccc5c5ccc(-c6cccc7c6oc6ccccc67)cc54)c(-c4ccccc4)c3)n2)cc1. The largest absolute Gasteiger partial charge is 0.455 e. The Kier molecular flexibility index (Phi) is 17.0. The number of fused-ring (bicyclic) bond motifs is 12. The van der Waals surface area contributed by atoms with Crippen LogP contribution in [0.5, 0.6) is 0 Å². The summed E-state index contributed by atoms with van der Waals surface area (Å²) in [7, 11) is 0. The van der Waals surface area contributed by atoms with Crippen molar-refractivity contribution in [2.45, 2.75) is 0 Å². The van der Waals surface area contributed by atoms with Crippen LogP contribution in [0.25, 0.3) is 223 Å². The zero-order chi connectivity index (χ0) is 78.0. The molecule has 23 aromatic rings. The lowest BCUT2D eigenvalue weighted by Gasteiger charge is -2.17. The molecule has 552 valence electrons. The molecule has 0 saturated heterocycles. The minimum absolute atomic E-state index is 0.605. The van der Waals surface area contributed by atoms with E-state index >= 15 is 0 Å². The second kappa shape index (κ2) is 29.2. The fourth-order valence-corrected chi connectivity index (χ4v) is 16.9. The standard InChI is InChI=1S/C57H36N4O.C51H32N4O/c1-4-16-37(17-5-1)40-22-14-23-41(34-40)49-35-43(57-59-55(38-18-6-2-7-19-38)58-56(60-57)39-20-8-3-9-21-39)31-33-51(49)61-50-28-12-10-24-45(50)46-32-30-42(36-52(46)61)44-26-15-27-48-47-25-11-13-29-53(47)62-54(44)48;1-4-15-33(16-5-1)43-31-37(51-53-49(34-17-6-2-7-18-34)52-50(54-51)35-19-8-3-9-20-35)28-30-45(43)55-44-25-12-10-21-39(44)40-29-27-36(32-46(40)55)38-23-14-24-42-41-22-11-13-26-47(41)56-48(38)42/h1-36H;1-32H. The van der Waals surface area contributed by atoms with Crippen molar-refractivity contribution in [1.29, 1.82) is 0 Å². The Morgan fingerprint density at radius 1 is 0.161 bits per heavy atom. The summed E-state index contributed by atoms with van der Waals surface area (Å²) in [6.45, 7) is 0. The zero-order valence-electron chi connectivity index (χ0n) is 63.7. The third-order valence-electron chi connectivity index (χ3n) is 22.5. The maximum Gasteiger partial charge on any atom is 0.164 e. The Hall–Kier alpha value is -16.0. The van der Waals surface area contributed by atoms with Crippen LogP contribution in [0.3, 0.4) is 0 Å². The van der Waals surface area contributed by atoms with E-state index in [4.69, 9.17) is 38.7 Å². The van der Waals surface area contributed by atoms with Crippen molar-refractivity contribution < 1.29 is 8.83 Å². The van der Waals surface area contributed by atoms with E-state index in [1.54, 1.807) is 0 Å². The number of nitrogens with zero attached hydrogens (tertiary/aromatic N) is 8. The van der Waals surface area contributed by atoms with Gasteiger partial charge in [-0.1, -0.05) is 334 Å². The molecule has 0 aliphatic heterocycles. The molecule has 10 heteroatoms. The first-order valence-corrected chi connectivity index (χ1v) is 39.6. The van der Waals surface area contributed by atoms with Crippen LogP contribution in [-0.2, 0) is 0 Å². The Morgan fingerprint density at radius 3 is 0.864 bits per heavy atom. The summed E-state index contributed by atoms with van der Waals surface area (Å²) >= 11 is 0. The molecular weight excluding hydrogens is 1440 g/mol. The molecule has 6 aromatic heterocycles. The maximum atomic E-state index is 6.55. The molecule has 6 heterocycles. The summed E-state index contributed by atoms with van der Waals surface area (Å²) < 4.78 is 17.9. The number of hydrogen-bond donors (Lipinski definition) is 0. The second-order valence-corrected chi connectivity index (χ2v) is 29.6. The van der Waals surface area contributed by atoms with Crippen molar-refractivity contribution in [2.24, 2.45) is 0 Å². The number of rotatable bonds is 13. The molecule has 0 N–H and O–H groups in total. The van der Waals surface area contributed by atoms with Gasteiger partial charge in [-0.05, 0) is 112 Å². The molecule has 0 radical (unpaired) electrons. The van der Waals surface area contributed by atoms with Crippen molar-refractivity contribution in [3.8, 4) is 135 Å². The van der Waals surface area contributed by atoms with Crippen LogP contribution >= 0.6 is 0 Å². The molecule has 10 nitrogen and oxygen atoms in total. The van der Waals surface area contributed by atoms with E-state index in [9.17, 15) is 0 Å². The molecule has 0 aliphatic carbocycles. The average Bonchev–Trinajstić information content (AvgIpc) is 1.57. The van der Waals surface area contributed by atoms with Gasteiger partial charge in [0.05, 0.1) is 33.4 Å². The third kappa shape index (κ3) is 12.3. The highest BCUT2D eigenvalue weighted by atomic mass is 16.3. The molecule has 118 heavy (non-hydrogen) atoms. The fourth-order valence-electron chi connectivity index (χ4n) is 16.9. The van der Waals surface area contributed by atoms with E-state index in [0.717, 1.165) is 166 Å². The molecule has 23 rings (SSSR count). The summed E-state index contributed by atoms with van der Waals surface area (Å²) in [6, 6.07) is 144. The maximum absolute atomic E-state index is 6.55. The summed E-state index contributed by atoms with van der Waals surface area (Å²) in [5.74, 6) is 3.74. The van der Waals surface area contributed by atoms with Gasteiger partial charge in [0.25, 0.3) is 0 Å². The van der Waals surface area contributed by atoms with E-state index in [2.05, 4.69) is 276 Å². The summed E-state index contributed by atoms with van der Waals surface area (Å²) in [5, 5.41) is 9.19. The Morgan fingerprint density at radius 2 is 0.449 bits per heavy atom. The minimum Gasteiger partial charge on any atom is -0.455 e. The van der Waals surface area contributed by atoms with Crippen LogP contribution in [0.15, 0.2) is 421 Å². The van der Waals surface area contributed by atoms with Crippen molar-refractivity contribution in [1.82, 2.24) is 39.0 Å². The molecular formula is C108H68N8O2. The van der Waals surface area contributed by atoms with Crippen LogP contribution in [0, 0.1) is 0 Å². The quantitative estimate of drug-likeness (QED) is 0.112. The third-order valence-corrected chi connectivity index (χ3v) is 22.5. The highest BCUT2D eigenvalue weighted by molar-refractivity contribution is 6.15. The van der Waals surface area contributed by atoms with Gasteiger partial charge in [0.15, 0.2) is 34.9 Å². The number of para-hydroxylation sites is 6. The molecule has 0 fully saturated rings. The van der Waals surface area contributed by atoms with Gasteiger partial charge in [-0.3, -0.25) is 0 Å². The predicted molar refractivity (Wildman–Crippen MR) is 483 cm³/mol. The lowest BCUT2D eigenvalue weighted by Crippen LogP contribution is -2.02. The van der Waals surface area contributed by atoms with Gasteiger partial charge < -0.3 is 18.0 Å². The van der Waals surface area contributed by atoms with Gasteiger partial charge >= 0.3 is 0 Å². The van der Waals surface area contributed by atoms with E-state index < -0.39 is 0 Å². The molecule has 0 saturated carbocycles. The molecule has 0 unspecified atom stereocenters. The predicted octanol–water partition coefficient (Wildman–Crippen LogP) is 28.1. The first-order chi connectivity index (χ1) is 58.5. The lowest BCUT2D eigenvalue weighted by molar-refractivity contribution is 0.669. The Labute approximate surface area is 678 Å². The summed E-state index contributed by atoms with van der Waals surface area (Å²) in [4.78, 5) is 30.3. The zero-order valence-corrected chi connectivity index (χ0v) is 63.7. The Balaban J connectivity index is 0.000000143. The fraction of sp³-hybridized carbons (Fsp3) is 0. The van der Waals surface area contributed by atoms with Gasteiger partial charge in [-0.25, -0.2) is 29.9 Å². The number of furan rings is 2. The van der Waals surface area contributed by atoms with Crippen LogP contribution in [0.2, 0.25) is 0 Å². The highest BCUT2D eigenvalue weighted by Gasteiger charge is 2.25. The first kappa shape index (κ1) is 68.7. The molecule has 0 atom stereocenters. The van der Waals surface area contributed by atoms with Crippen LogP contribution < -0.4 is 0 Å².